The van der Waals surface area contributed by atoms with Gasteiger partial charge in [-0.15, -0.1) is 0 Å². The van der Waals surface area contributed by atoms with Gasteiger partial charge in [-0.05, 0) is 45.4 Å². The largest absolute Gasteiger partial charge is 0.384 e. The first-order chi connectivity index (χ1) is 9.54. The minimum absolute atomic E-state index is 0.516. The highest BCUT2D eigenvalue weighted by Crippen LogP contribution is 2.44. The lowest BCUT2D eigenvalue weighted by atomic mass is 9.75. The maximum Gasteiger partial charge on any atom is 0.126 e. The highest BCUT2D eigenvalue weighted by molar-refractivity contribution is 6.31. The van der Waals surface area contributed by atoms with Crippen LogP contribution in [0.1, 0.15) is 58.3 Å². The van der Waals surface area contributed by atoms with Crippen molar-refractivity contribution in [2.75, 3.05) is 6.61 Å². The molecule has 5 heteroatoms. The fourth-order valence-corrected chi connectivity index (χ4v) is 3.42. The molecule has 114 valence electrons. The average molecular weight is 301 g/mol. The third kappa shape index (κ3) is 2.87. The van der Waals surface area contributed by atoms with Crippen LogP contribution in [0.3, 0.4) is 0 Å². The molecule has 0 aliphatic heterocycles. The van der Waals surface area contributed by atoms with Crippen molar-refractivity contribution in [1.29, 1.82) is 0 Å². The Balaban J connectivity index is 2.31. The molecule has 1 heterocycles. The zero-order chi connectivity index (χ0) is 14.8. The van der Waals surface area contributed by atoms with E-state index >= 15 is 0 Å². The fourth-order valence-electron chi connectivity index (χ4n) is 3.18. The van der Waals surface area contributed by atoms with Gasteiger partial charge in [-0.2, -0.15) is 5.10 Å². The van der Waals surface area contributed by atoms with Gasteiger partial charge in [0, 0.05) is 13.2 Å². The van der Waals surface area contributed by atoms with E-state index in [9.17, 15) is 5.11 Å². The van der Waals surface area contributed by atoms with Gasteiger partial charge < -0.3 is 9.84 Å². The van der Waals surface area contributed by atoms with Crippen molar-refractivity contribution in [3.8, 4) is 0 Å². The number of aromatic nitrogens is 2. The Bertz CT molecular complexity index is 439. The molecule has 0 radical (unpaired) electrons. The second kappa shape index (κ2) is 6.46. The van der Waals surface area contributed by atoms with Crippen LogP contribution in [0.5, 0.6) is 0 Å². The highest BCUT2D eigenvalue weighted by Gasteiger charge is 2.44. The lowest BCUT2D eigenvalue weighted by molar-refractivity contribution is -0.148. The van der Waals surface area contributed by atoms with Gasteiger partial charge in [0.15, 0.2) is 0 Å². The third-order valence-electron chi connectivity index (χ3n) is 4.44. The number of aliphatic hydroxyl groups excluding tert-OH is 1. The molecule has 1 aromatic rings. The average Bonchev–Trinajstić information content (AvgIpc) is 2.82. The first-order valence-corrected chi connectivity index (χ1v) is 7.95. The molecule has 1 atom stereocenters. The summed E-state index contributed by atoms with van der Waals surface area (Å²) in [6, 6.07) is 0. The van der Waals surface area contributed by atoms with Crippen molar-refractivity contribution in [3.05, 3.63) is 16.9 Å². The van der Waals surface area contributed by atoms with E-state index in [1.165, 1.54) is 0 Å². The Labute approximate surface area is 126 Å². The standard InChI is InChI=1S/C15H25ClN2O2/c1-4-18-13(12(16)10-17-18)14(19)15(20-5-2)8-6-11(3)7-9-15/h10-11,14,19H,4-9H2,1-3H3. The van der Waals surface area contributed by atoms with E-state index in [4.69, 9.17) is 16.3 Å². The van der Waals surface area contributed by atoms with E-state index in [0.717, 1.165) is 25.7 Å². The van der Waals surface area contributed by atoms with E-state index in [2.05, 4.69) is 12.0 Å². The molecular weight excluding hydrogens is 276 g/mol. The van der Waals surface area contributed by atoms with Crippen molar-refractivity contribution in [1.82, 2.24) is 9.78 Å². The Kier molecular flexibility index (Phi) is 5.10. The van der Waals surface area contributed by atoms with Crippen LogP contribution in [0.2, 0.25) is 5.02 Å². The minimum Gasteiger partial charge on any atom is -0.384 e. The van der Waals surface area contributed by atoms with Gasteiger partial charge in [-0.25, -0.2) is 0 Å². The number of halogens is 1. The summed E-state index contributed by atoms with van der Waals surface area (Å²) in [5, 5.41) is 15.7. The first kappa shape index (κ1) is 15.8. The number of nitrogens with zero attached hydrogens (tertiary/aromatic N) is 2. The summed E-state index contributed by atoms with van der Waals surface area (Å²) in [5.74, 6) is 0.697. The normalized spacial score (nSPS) is 28.6. The third-order valence-corrected chi connectivity index (χ3v) is 4.73. The molecule has 20 heavy (non-hydrogen) atoms. The number of aryl methyl sites for hydroxylation is 1. The first-order valence-electron chi connectivity index (χ1n) is 7.57. The van der Waals surface area contributed by atoms with Gasteiger partial charge in [0.05, 0.1) is 22.5 Å². The predicted molar refractivity (Wildman–Crippen MR) is 79.9 cm³/mol. The van der Waals surface area contributed by atoms with Gasteiger partial charge in [0.2, 0.25) is 0 Å². The van der Waals surface area contributed by atoms with E-state index < -0.39 is 11.7 Å². The van der Waals surface area contributed by atoms with Gasteiger partial charge in [0.1, 0.15) is 6.10 Å². The van der Waals surface area contributed by atoms with Crippen LogP contribution < -0.4 is 0 Å². The zero-order valence-corrected chi connectivity index (χ0v) is 13.4. The SMILES string of the molecule is CCOC1(C(O)c2c(Cl)cnn2CC)CCC(C)CC1. The Hall–Kier alpha value is -0.580. The molecule has 1 saturated carbocycles. The molecule has 1 aliphatic rings. The number of hydrogen-bond acceptors (Lipinski definition) is 3. The van der Waals surface area contributed by atoms with Gasteiger partial charge >= 0.3 is 0 Å². The van der Waals surface area contributed by atoms with Crippen LogP contribution in [-0.4, -0.2) is 27.1 Å². The Morgan fingerprint density at radius 2 is 2.15 bits per heavy atom. The number of hydrogen-bond donors (Lipinski definition) is 1. The lowest BCUT2D eigenvalue weighted by Gasteiger charge is -2.42. The predicted octanol–water partition coefficient (Wildman–Crippen LogP) is 3.58. The zero-order valence-electron chi connectivity index (χ0n) is 12.6. The minimum atomic E-state index is -0.718. The van der Waals surface area contributed by atoms with Crippen molar-refractivity contribution in [2.45, 2.75) is 64.7 Å². The number of rotatable bonds is 5. The summed E-state index contributed by atoms with van der Waals surface area (Å²) in [4.78, 5) is 0. The molecule has 1 aliphatic carbocycles. The van der Waals surface area contributed by atoms with E-state index in [0.29, 0.717) is 29.8 Å². The van der Waals surface area contributed by atoms with Crippen LogP contribution in [0.4, 0.5) is 0 Å². The number of aliphatic hydroxyl groups is 1. The molecule has 2 rings (SSSR count). The summed E-state index contributed by atoms with van der Waals surface area (Å²) in [6.45, 7) is 7.52. The molecule has 1 fully saturated rings. The lowest BCUT2D eigenvalue weighted by Crippen LogP contribution is -2.43. The second-order valence-corrected chi connectivity index (χ2v) is 6.18. The van der Waals surface area contributed by atoms with Crippen LogP contribution in [0.25, 0.3) is 0 Å². The van der Waals surface area contributed by atoms with E-state index in [1.54, 1.807) is 10.9 Å². The van der Waals surface area contributed by atoms with Gasteiger partial charge in [0.25, 0.3) is 0 Å². The molecule has 1 aromatic heterocycles. The molecule has 0 amide bonds. The molecule has 1 unspecified atom stereocenters. The number of ether oxygens (including phenoxy) is 1. The molecule has 1 N–H and O–H groups in total. The maximum absolute atomic E-state index is 10.9. The maximum atomic E-state index is 10.9. The van der Waals surface area contributed by atoms with Crippen LogP contribution in [0, 0.1) is 5.92 Å². The van der Waals surface area contributed by atoms with Crippen LogP contribution >= 0.6 is 11.6 Å². The van der Waals surface area contributed by atoms with Crippen LogP contribution in [-0.2, 0) is 11.3 Å². The second-order valence-electron chi connectivity index (χ2n) is 5.78. The Morgan fingerprint density at radius 3 is 2.70 bits per heavy atom. The van der Waals surface area contributed by atoms with Gasteiger partial charge in [-0.3, -0.25) is 4.68 Å². The quantitative estimate of drug-likeness (QED) is 0.904. The molecule has 0 aromatic carbocycles. The van der Waals surface area contributed by atoms with Crippen molar-refractivity contribution in [3.63, 3.8) is 0 Å². The molecule has 4 nitrogen and oxygen atoms in total. The molecule has 0 spiro atoms. The topological polar surface area (TPSA) is 47.3 Å². The molecule has 0 saturated heterocycles. The molecule has 0 bridgehead atoms. The summed E-state index contributed by atoms with van der Waals surface area (Å²) in [7, 11) is 0. The summed E-state index contributed by atoms with van der Waals surface area (Å²) < 4.78 is 7.78. The summed E-state index contributed by atoms with van der Waals surface area (Å²) in [5.41, 5.74) is 0.176. The fraction of sp³-hybridized carbons (Fsp3) is 0.800. The Morgan fingerprint density at radius 1 is 1.50 bits per heavy atom. The van der Waals surface area contributed by atoms with E-state index in [1.807, 2.05) is 13.8 Å². The van der Waals surface area contributed by atoms with Crippen molar-refractivity contribution in [2.24, 2.45) is 5.92 Å². The highest BCUT2D eigenvalue weighted by atomic mass is 35.5. The summed E-state index contributed by atoms with van der Waals surface area (Å²) in [6.07, 6.45) is 4.78. The van der Waals surface area contributed by atoms with Crippen molar-refractivity contribution >= 4 is 11.6 Å². The summed E-state index contributed by atoms with van der Waals surface area (Å²) >= 11 is 6.23. The monoisotopic (exact) mass is 300 g/mol. The van der Waals surface area contributed by atoms with Crippen molar-refractivity contribution < 1.29 is 9.84 Å². The smallest absolute Gasteiger partial charge is 0.126 e. The van der Waals surface area contributed by atoms with Crippen LogP contribution in [0.15, 0.2) is 6.20 Å². The van der Waals surface area contributed by atoms with E-state index in [-0.39, 0.29) is 0 Å². The van der Waals surface area contributed by atoms with Gasteiger partial charge in [-0.1, -0.05) is 18.5 Å². The molecular formula is C15H25ClN2O2.